The smallest absolute Gasteiger partial charge is 0.328 e. The number of carbonyl (C=O) groups excluding carboxylic acids is 1. The maximum Gasteiger partial charge on any atom is 0.328 e. The van der Waals surface area contributed by atoms with E-state index in [-0.39, 0.29) is 0 Å². The molecule has 8 heteroatoms. The average molecular weight is 373 g/mol. The summed E-state index contributed by atoms with van der Waals surface area (Å²) in [7, 11) is 0. The Hall–Kier alpha value is -0.440. The van der Waals surface area contributed by atoms with E-state index in [1.165, 1.54) is 11.3 Å². The second-order valence-electron chi connectivity index (χ2n) is 2.78. The molecular formula is C8H7Br2NO4S. The molecule has 0 aromatic carbocycles. The molecule has 0 aliphatic rings. The lowest BCUT2D eigenvalue weighted by molar-refractivity contribution is -0.140. The number of carboxylic acids is 1. The third kappa shape index (κ3) is 3.27. The highest BCUT2D eigenvalue weighted by Crippen LogP contribution is 2.32. The number of halogens is 2. The first-order valence-corrected chi connectivity index (χ1v) is 6.45. The minimum atomic E-state index is -1.29. The van der Waals surface area contributed by atoms with Crippen molar-refractivity contribution in [2.45, 2.75) is 6.04 Å². The molecule has 0 saturated heterocycles. The fraction of sp³-hybridized carbons (Fsp3) is 0.250. The molecule has 16 heavy (non-hydrogen) atoms. The monoisotopic (exact) mass is 371 g/mol. The number of thiophene rings is 1. The number of rotatable bonds is 4. The van der Waals surface area contributed by atoms with Crippen LogP contribution in [0.3, 0.4) is 0 Å². The summed E-state index contributed by atoms with van der Waals surface area (Å²) in [6.07, 6.45) is 0. The molecule has 1 amide bonds. The van der Waals surface area contributed by atoms with Gasteiger partial charge in [0, 0.05) is 4.47 Å². The third-order valence-electron chi connectivity index (χ3n) is 1.65. The van der Waals surface area contributed by atoms with E-state index < -0.39 is 24.5 Å². The normalized spacial score (nSPS) is 12.2. The Morgan fingerprint density at radius 3 is 2.50 bits per heavy atom. The van der Waals surface area contributed by atoms with Crippen molar-refractivity contribution >= 4 is 55.1 Å². The second kappa shape index (κ2) is 5.76. The molecule has 1 heterocycles. The van der Waals surface area contributed by atoms with Crippen molar-refractivity contribution in [3.8, 4) is 0 Å². The van der Waals surface area contributed by atoms with Gasteiger partial charge in [-0.05, 0) is 37.9 Å². The topological polar surface area (TPSA) is 86.6 Å². The van der Waals surface area contributed by atoms with Crippen molar-refractivity contribution in [2.24, 2.45) is 0 Å². The zero-order valence-corrected chi connectivity index (χ0v) is 11.7. The molecule has 0 spiro atoms. The van der Waals surface area contributed by atoms with Gasteiger partial charge in [0.15, 0.2) is 6.04 Å². The Morgan fingerprint density at radius 1 is 1.50 bits per heavy atom. The minimum Gasteiger partial charge on any atom is -0.480 e. The number of amides is 1. The molecule has 1 aromatic rings. The Balaban J connectivity index is 2.75. The number of hydrogen-bond donors (Lipinski definition) is 3. The summed E-state index contributed by atoms with van der Waals surface area (Å²) in [6.45, 7) is -0.644. The zero-order chi connectivity index (χ0) is 12.3. The predicted octanol–water partition coefficient (Wildman–Crippen LogP) is 1.45. The first-order chi connectivity index (χ1) is 7.45. The molecule has 1 rings (SSSR count). The van der Waals surface area contributed by atoms with Gasteiger partial charge in [-0.3, -0.25) is 4.79 Å². The molecule has 0 bridgehead atoms. The fourth-order valence-corrected chi connectivity index (χ4v) is 2.81. The Labute approximate surface area is 112 Å². The van der Waals surface area contributed by atoms with Gasteiger partial charge >= 0.3 is 5.97 Å². The Kier molecular flexibility index (Phi) is 4.90. The van der Waals surface area contributed by atoms with Crippen LogP contribution in [0, 0.1) is 0 Å². The van der Waals surface area contributed by atoms with Crippen molar-refractivity contribution < 1.29 is 19.8 Å². The van der Waals surface area contributed by atoms with Crippen LogP contribution in [0.5, 0.6) is 0 Å². The summed E-state index contributed by atoms with van der Waals surface area (Å²) in [6, 6.07) is 0.285. The number of hydrogen-bond acceptors (Lipinski definition) is 4. The molecule has 0 saturated carbocycles. The van der Waals surface area contributed by atoms with Crippen LogP contribution in [0.1, 0.15) is 9.67 Å². The summed E-state index contributed by atoms with van der Waals surface area (Å²) < 4.78 is 1.46. The minimum absolute atomic E-state index is 0.360. The molecule has 0 aliphatic heterocycles. The van der Waals surface area contributed by atoms with Crippen LogP contribution in [-0.4, -0.2) is 34.7 Å². The molecule has 0 unspecified atom stereocenters. The van der Waals surface area contributed by atoms with Gasteiger partial charge in [0.1, 0.15) is 0 Å². The van der Waals surface area contributed by atoms with Gasteiger partial charge in [-0.2, -0.15) is 0 Å². The summed E-state index contributed by atoms with van der Waals surface area (Å²) in [5.74, 6) is -1.80. The molecule has 0 fully saturated rings. The van der Waals surface area contributed by atoms with E-state index >= 15 is 0 Å². The van der Waals surface area contributed by atoms with Crippen molar-refractivity contribution in [1.82, 2.24) is 5.32 Å². The maximum atomic E-state index is 11.6. The lowest BCUT2D eigenvalue weighted by Crippen LogP contribution is -2.43. The maximum absolute atomic E-state index is 11.6. The van der Waals surface area contributed by atoms with Crippen LogP contribution in [0.15, 0.2) is 14.3 Å². The van der Waals surface area contributed by atoms with Crippen LogP contribution in [0.4, 0.5) is 0 Å². The number of aliphatic hydroxyl groups excluding tert-OH is 1. The lowest BCUT2D eigenvalue weighted by Gasteiger charge is -2.10. The highest BCUT2D eigenvalue weighted by Gasteiger charge is 2.21. The number of carbonyl (C=O) groups is 2. The summed E-state index contributed by atoms with van der Waals surface area (Å²) in [5, 5.41) is 19.6. The van der Waals surface area contributed by atoms with Crippen LogP contribution in [0.2, 0.25) is 0 Å². The third-order valence-corrected chi connectivity index (χ3v) is 4.91. The van der Waals surface area contributed by atoms with Crippen molar-refractivity contribution in [2.75, 3.05) is 6.61 Å². The summed E-state index contributed by atoms with van der Waals surface area (Å²) in [4.78, 5) is 22.5. The highest BCUT2D eigenvalue weighted by molar-refractivity contribution is 9.13. The number of aliphatic hydroxyl groups is 1. The Bertz CT molecular complexity index is 401. The quantitative estimate of drug-likeness (QED) is 0.746. The SMILES string of the molecule is O=C(N[C@H](CO)C(=O)O)c1cc(Br)c(Br)s1. The van der Waals surface area contributed by atoms with E-state index in [1.54, 1.807) is 6.07 Å². The van der Waals surface area contributed by atoms with E-state index in [4.69, 9.17) is 10.2 Å². The molecule has 3 N–H and O–H groups in total. The summed E-state index contributed by atoms with van der Waals surface area (Å²) >= 11 is 7.61. The van der Waals surface area contributed by atoms with Gasteiger partial charge in [-0.15, -0.1) is 11.3 Å². The van der Waals surface area contributed by atoms with Crippen LogP contribution in [-0.2, 0) is 4.79 Å². The van der Waals surface area contributed by atoms with Crippen LogP contribution in [0.25, 0.3) is 0 Å². The molecule has 88 valence electrons. The van der Waals surface area contributed by atoms with Crippen molar-refractivity contribution in [1.29, 1.82) is 0 Å². The number of aliphatic carboxylic acids is 1. The molecule has 5 nitrogen and oxygen atoms in total. The van der Waals surface area contributed by atoms with Gasteiger partial charge in [-0.25, -0.2) is 4.79 Å². The predicted molar refractivity (Wildman–Crippen MR) is 65.7 cm³/mol. The van der Waals surface area contributed by atoms with Crippen molar-refractivity contribution in [3.63, 3.8) is 0 Å². The highest BCUT2D eigenvalue weighted by atomic mass is 79.9. The first kappa shape index (κ1) is 13.6. The lowest BCUT2D eigenvalue weighted by atomic mass is 10.3. The molecule has 1 atom stereocenters. The van der Waals surface area contributed by atoms with Crippen LogP contribution < -0.4 is 5.32 Å². The van der Waals surface area contributed by atoms with Crippen molar-refractivity contribution in [3.05, 3.63) is 19.2 Å². The van der Waals surface area contributed by atoms with E-state index in [9.17, 15) is 9.59 Å². The fourth-order valence-electron chi connectivity index (χ4n) is 0.873. The van der Waals surface area contributed by atoms with Gasteiger partial charge in [0.25, 0.3) is 5.91 Å². The van der Waals surface area contributed by atoms with Crippen LogP contribution >= 0.6 is 43.2 Å². The van der Waals surface area contributed by atoms with E-state index in [1.807, 2.05) is 0 Å². The van der Waals surface area contributed by atoms with Gasteiger partial charge < -0.3 is 15.5 Å². The van der Waals surface area contributed by atoms with Gasteiger partial charge in [-0.1, -0.05) is 0 Å². The number of nitrogens with one attached hydrogen (secondary N) is 1. The van der Waals surface area contributed by atoms with E-state index in [2.05, 4.69) is 37.2 Å². The number of carboxylic acid groups (broad SMARTS) is 1. The summed E-state index contributed by atoms with van der Waals surface area (Å²) in [5.41, 5.74) is 0. The molecule has 1 aromatic heterocycles. The first-order valence-electron chi connectivity index (χ1n) is 4.05. The molecular weight excluding hydrogens is 366 g/mol. The molecule has 0 radical (unpaired) electrons. The standard InChI is InChI=1S/C8H7Br2NO4S/c9-3-1-5(16-6(3)10)7(13)11-4(2-12)8(14)15/h1,4,12H,2H2,(H,11,13)(H,14,15)/t4-/m1/s1. The van der Waals surface area contributed by atoms with E-state index in [0.717, 1.165) is 8.26 Å². The zero-order valence-electron chi connectivity index (χ0n) is 7.74. The second-order valence-corrected chi connectivity index (χ2v) is 6.00. The molecule has 0 aliphatic carbocycles. The average Bonchev–Trinajstić information content (AvgIpc) is 2.55. The largest absolute Gasteiger partial charge is 0.480 e. The van der Waals surface area contributed by atoms with Gasteiger partial charge in [0.2, 0.25) is 0 Å². The van der Waals surface area contributed by atoms with E-state index in [0.29, 0.717) is 4.88 Å². The Morgan fingerprint density at radius 2 is 2.12 bits per heavy atom. The van der Waals surface area contributed by atoms with Gasteiger partial charge in [0.05, 0.1) is 15.3 Å².